The molecule has 0 aliphatic rings. The summed E-state index contributed by atoms with van der Waals surface area (Å²) in [5.41, 5.74) is 2.20. The van der Waals surface area contributed by atoms with Gasteiger partial charge in [0.05, 0.1) is 16.1 Å². The maximum Gasteiger partial charge on any atom is 0.338 e. The Morgan fingerprint density at radius 1 is 0.875 bits per heavy atom. The molecule has 0 radical (unpaired) electrons. The lowest BCUT2D eigenvalue weighted by Crippen LogP contribution is -2.30. The fraction of sp³-hybridized carbons (Fsp3) is 0.200. The fourth-order valence-corrected chi connectivity index (χ4v) is 4.68. The molecule has 3 rings (SSSR count). The minimum absolute atomic E-state index is 0.0588. The summed E-state index contributed by atoms with van der Waals surface area (Å²) in [4.78, 5) is 25.0. The van der Waals surface area contributed by atoms with Crippen LogP contribution in [0.4, 0.5) is 5.69 Å². The molecule has 0 fully saturated rings. The molecule has 0 unspecified atom stereocenters. The number of benzene rings is 3. The Labute approximate surface area is 188 Å². The van der Waals surface area contributed by atoms with Gasteiger partial charge in [-0.25, -0.2) is 13.2 Å². The van der Waals surface area contributed by atoms with Gasteiger partial charge in [0.1, 0.15) is 0 Å². The molecule has 6 nitrogen and oxygen atoms in total. The molecule has 3 aromatic rings. The van der Waals surface area contributed by atoms with E-state index < -0.39 is 22.1 Å². The van der Waals surface area contributed by atoms with Crippen molar-refractivity contribution in [3.8, 4) is 0 Å². The van der Waals surface area contributed by atoms with Crippen molar-refractivity contribution in [2.75, 3.05) is 10.8 Å². The van der Waals surface area contributed by atoms with Crippen molar-refractivity contribution < 1.29 is 22.7 Å². The number of aryl methyl sites for hydroxylation is 1. The van der Waals surface area contributed by atoms with E-state index in [-0.39, 0.29) is 22.8 Å². The Hall–Kier alpha value is -3.45. The first-order valence-corrected chi connectivity index (χ1v) is 11.7. The van der Waals surface area contributed by atoms with Crippen molar-refractivity contribution >= 4 is 27.5 Å². The number of ether oxygens (including phenoxy) is 1. The summed E-state index contributed by atoms with van der Waals surface area (Å²) in [6, 6.07) is 21.3. The molecule has 0 aliphatic heterocycles. The molecule has 166 valence electrons. The summed E-state index contributed by atoms with van der Waals surface area (Å²) < 4.78 is 32.7. The molecule has 32 heavy (non-hydrogen) atoms. The number of carbonyl (C=O) groups is 2. The summed E-state index contributed by atoms with van der Waals surface area (Å²) in [5, 5.41) is 0. The minimum atomic E-state index is -3.80. The van der Waals surface area contributed by atoms with Crippen LogP contribution in [0.2, 0.25) is 0 Å². The summed E-state index contributed by atoms with van der Waals surface area (Å²) in [6.45, 7) is 5.44. The van der Waals surface area contributed by atoms with Crippen LogP contribution in [-0.4, -0.2) is 32.8 Å². The van der Waals surface area contributed by atoms with Gasteiger partial charge < -0.3 is 4.74 Å². The van der Waals surface area contributed by atoms with Crippen LogP contribution in [0.5, 0.6) is 0 Å². The minimum Gasteiger partial charge on any atom is -0.451 e. The number of carbonyl (C=O) groups excluding carboxylic acids is 2. The SMILES string of the molecule is CCN(c1ccccc1)S(=O)(=O)c1ccc(C(=O)O[C@H](C)C(=O)c2ccc(C)cc2)cc1. The number of para-hydroxylation sites is 1. The van der Waals surface area contributed by atoms with Gasteiger partial charge in [-0.1, -0.05) is 48.0 Å². The average Bonchev–Trinajstić information content (AvgIpc) is 2.80. The molecule has 1 atom stereocenters. The van der Waals surface area contributed by atoms with Gasteiger partial charge in [0.2, 0.25) is 5.78 Å². The van der Waals surface area contributed by atoms with E-state index in [1.807, 2.05) is 25.1 Å². The van der Waals surface area contributed by atoms with Gasteiger partial charge in [-0.2, -0.15) is 0 Å². The molecule has 7 heteroatoms. The van der Waals surface area contributed by atoms with E-state index in [1.165, 1.54) is 35.5 Å². The molecule has 0 bridgehead atoms. The smallest absolute Gasteiger partial charge is 0.338 e. The standard InChI is InChI=1S/C25H25NO5S/c1-4-26(22-8-6-5-7-9-22)32(29,30)23-16-14-21(15-17-23)25(28)31-19(3)24(27)20-12-10-18(2)11-13-20/h5-17,19H,4H2,1-3H3/t19-/m1/s1. The van der Waals surface area contributed by atoms with Crippen LogP contribution in [0.25, 0.3) is 0 Å². The molecular formula is C25H25NO5S. The molecule has 0 spiro atoms. The molecule has 0 N–H and O–H groups in total. The molecule has 0 aliphatic carbocycles. The largest absolute Gasteiger partial charge is 0.451 e. The van der Waals surface area contributed by atoms with Crippen molar-refractivity contribution in [2.45, 2.75) is 31.8 Å². The van der Waals surface area contributed by atoms with E-state index >= 15 is 0 Å². The van der Waals surface area contributed by atoms with Crippen LogP contribution in [0.15, 0.2) is 83.8 Å². The van der Waals surface area contributed by atoms with Crippen molar-refractivity contribution in [1.29, 1.82) is 0 Å². The Morgan fingerprint density at radius 2 is 1.44 bits per heavy atom. The Balaban J connectivity index is 1.73. The lowest BCUT2D eigenvalue weighted by atomic mass is 10.1. The van der Waals surface area contributed by atoms with E-state index in [9.17, 15) is 18.0 Å². The zero-order valence-corrected chi connectivity index (χ0v) is 19.0. The number of rotatable bonds is 8. The van der Waals surface area contributed by atoms with Gasteiger partial charge in [-0.05, 0) is 57.2 Å². The molecule has 0 heterocycles. The maximum atomic E-state index is 13.1. The predicted octanol–water partition coefficient (Wildman–Crippen LogP) is 4.64. The number of ketones is 1. The van der Waals surface area contributed by atoms with E-state index in [4.69, 9.17) is 4.74 Å². The topological polar surface area (TPSA) is 80.8 Å². The highest BCUT2D eigenvalue weighted by atomic mass is 32.2. The van der Waals surface area contributed by atoms with Gasteiger partial charge in [0.15, 0.2) is 6.10 Å². The zero-order chi connectivity index (χ0) is 23.3. The summed E-state index contributed by atoms with van der Waals surface area (Å²) >= 11 is 0. The molecule has 0 saturated carbocycles. The summed E-state index contributed by atoms with van der Waals surface area (Å²) in [7, 11) is -3.80. The highest BCUT2D eigenvalue weighted by molar-refractivity contribution is 7.92. The van der Waals surface area contributed by atoms with Crippen LogP contribution >= 0.6 is 0 Å². The summed E-state index contributed by atoms with van der Waals surface area (Å²) in [6.07, 6.45) is -0.970. The summed E-state index contributed by atoms with van der Waals surface area (Å²) in [5.74, 6) is -1.00. The first kappa shape index (κ1) is 23.2. The maximum absolute atomic E-state index is 13.1. The van der Waals surface area contributed by atoms with Crippen molar-refractivity contribution in [2.24, 2.45) is 0 Å². The third kappa shape index (κ3) is 5.06. The zero-order valence-electron chi connectivity index (χ0n) is 18.2. The molecule has 0 amide bonds. The van der Waals surface area contributed by atoms with E-state index in [2.05, 4.69) is 0 Å². The second kappa shape index (κ2) is 9.78. The Bertz CT molecular complexity index is 1190. The van der Waals surface area contributed by atoms with Crippen molar-refractivity contribution in [1.82, 2.24) is 0 Å². The first-order chi connectivity index (χ1) is 15.2. The highest BCUT2D eigenvalue weighted by Crippen LogP contribution is 2.23. The second-order valence-electron chi connectivity index (χ2n) is 7.31. The lowest BCUT2D eigenvalue weighted by Gasteiger charge is -2.23. The van der Waals surface area contributed by atoms with Crippen LogP contribution in [0.3, 0.4) is 0 Å². The van der Waals surface area contributed by atoms with Crippen LogP contribution in [0, 0.1) is 6.92 Å². The second-order valence-corrected chi connectivity index (χ2v) is 9.17. The van der Waals surface area contributed by atoms with Crippen LogP contribution in [-0.2, 0) is 14.8 Å². The van der Waals surface area contributed by atoms with E-state index in [0.717, 1.165) is 5.56 Å². The Kier molecular flexibility index (Phi) is 7.10. The first-order valence-electron chi connectivity index (χ1n) is 10.2. The van der Waals surface area contributed by atoms with Gasteiger partial charge in [-0.3, -0.25) is 9.10 Å². The van der Waals surface area contributed by atoms with Gasteiger partial charge in [0, 0.05) is 12.1 Å². The monoisotopic (exact) mass is 451 g/mol. The third-order valence-electron chi connectivity index (χ3n) is 5.00. The van der Waals surface area contributed by atoms with Crippen LogP contribution < -0.4 is 4.31 Å². The number of anilines is 1. The third-order valence-corrected chi connectivity index (χ3v) is 6.92. The highest BCUT2D eigenvalue weighted by Gasteiger charge is 2.25. The normalized spacial score (nSPS) is 12.1. The quantitative estimate of drug-likeness (QED) is 0.368. The molecule has 3 aromatic carbocycles. The lowest BCUT2D eigenvalue weighted by molar-refractivity contribution is 0.0318. The molecule has 0 aromatic heterocycles. The predicted molar refractivity (Wildman–Crippen MR) is 123 cm³/mol. The molecular weight excluding hydrogens is 426 g/mol. The van der Waals surface area contributed by atoms with Crippen LogP contribution in [0.1, 0.15) is 40.1 Å². The number of nitrogens with zero attached hydrogens (tertiary/aromatic N) is 1. The average molecular weight is 452 g/mol. The van der Waals surface area contributed by atoms with Crippen molar-refractivity contribution in [3.63, 3.8) is 0 Å². The van der Waals surface area contributed by atoms with E-state index in [0.29, 0.717) is 11.3 Å². The fourth-order valence-electron chi connectivity index (χ4n) is 3.21. The number of Topliss-reactive ketones (excluding diaryl/α,β-unsaturated/α-hetero) is 1. The number of sulfonamides is 1. The van der Waals surface area contributed by atoms with Gasteiger partial charge in [0.25, 0.3) is 10.0 Å². The van der Waals surface area contributed by atoms with Crippen molar-refractivity contribution in [3.05, 3.63) is 95.6 Å². The van der Waals surface area contributed by atoms with Gasteiger partial charge in [-0.15, -0.1) is 0 Å². The van der Waals surface area contributed by atoms with Gasteiger partial charge >= 0.3 is 5.97 Å². The number of esters is 1. The number of hydrogen-bond donors (Lipinski definition) is 0. The Morgan fingerprint density at radius 3 is 2.00 bits per heavy atom. The van der Waals surface area contributed by atoms with E-state index in [1.54, 1.807) is 43.3 Å². The molecule has 0 saturated heterocycles. The number of hydrogen-bond acceptors (Lipinski definition) is 5.